The Balaban J connectivity index is 3.00. The van der Waals surface area contributed by atoms with Gasteiger partial charge in [-0.25, -0.2) is 4.98 Å². The number of hydrogen-bond donors (Lipinski definition) is 2. The fourth-order valence-corrected chi connectivity index (χ4v) is 1.39. The maximum absolute atomic E-state index is 12.1. The molecule has 0 saturated carbocycles. The van der Waals surface area contributed by atoms with Gasteiger partial charge in [0.15, 0.2) is 5.69 Å². The van der Waals surface area contributed by atoms with E-state index in [0.29, 0.717) is 0 Å². The first-order chi connectivity index (χ1) is 7.93. The number of pyridine rings is 1. The lowest BCUT2D eigenvalue weighted by Crippen LogP contribution is -2.43. The molecule has 0 saturated heterocycles. The fraction of sp³-hybridized carbons (Fsp3) is 0.364. The zero-order valence-electron chi connectivity index (χ0n) is 9.88. The normalized spacial score (nSPS) is 10.3. The largest absolute Gasteiger partial charge is 0.397 e. The van der Waals surface area contributed by atoms with Crippen LogP contribution in [0.15, 0.2) is 18.3 Å². The van der Waals surface area contributed by atoms with Crippen LogP contribution in [0, 0.1) is 0 Å². The monoisotopic (exact) mass is 236 g/mol. The first-order valence-electron chi connectivity index (χ1n) is 5.23. The molecule has 2 amide bonds. The highest BCUT2D eigenvalue weighted by Gasteiger charge is 2.23. The van der Waals surface area contributed by atoms with Crippen LogP contribution in [0.5, 0.6) is 0 Å². The van der Waals surface area contributed by atoms with Crippen LogP contribution >= 0.6 is 0 Å². The summed E-state index contributed by atoms with van der Waals surface area (Å²) in [6, 6.07) is 3.07. The summed E-state index contributed by atoms with van der Waals surface area (Å²) in [6.07, 6.45) is 1.48. The summed E-state index contributed by atoms with van der Waals surface area (Å²) in [5.74, 6) is -0.960. The van der Waals surface area contributed by atoms with Crippen LogP contribution in [0.25, 0.3) is 0 Å². The second kappa shape index (κ2) is 5.29. The van der Waals surface area contributed by atoms with Crippen LogP contribution in [0.1, 0.15) is 24.3 Å². The second-order valence-corrected chi connectivity index (χ2v) is 3.93. The molecule has 1 aromatic heterocycles. The first kappa shape index (κ1) is 13.0. The Labute approximate surface area is 99.6 Å². The average molecular weight is 236 g/mol. The maximum atomic E-state index is 12.1. The summed E-state index contributed by atoms with van der Waals surface area (Å²) in [6.45, 7) is 3.44. The lowest BCUT2D eigenvalue weighted by atomic mass is 10.2. The number of hydrogen-bond acceptors (Lipinski definition) is 4. The van der Waals surface area contributed by atoms with Gasteiger partial charge in [-0.3, -0.25) is 9.59 Å². The predicted octanol–water partition coefficient (Wildman–Crippen LogP) is -0.000300. The van der Waals surface area contributed by atoms with Crippen LogP contribution in [-0.2, 0) is 4.79 Å². The number of amides is 2. The fourth-order valence-electron chi connectivity index (χ4n) is 1.39. The Kier molecular flexibility index (Phi) is 4.03. The standard InChI is InChI=1S/C11H16N4O2/c1-7(2)15(6-9(13)16)11(17)10-8(12)4-3-5-14-10/h3-5,7H,6,12H2,1-2H3,(H2,13,16). The van der Waals surface area contributed by atoms with Gasteiger partial charge in [-0.05, 0) is 26.0 Å². The Morgan fingerprint density at radius 1 is 1.47 bits per heavy atom. The minimum atomic E-state index is -0.568. The van der Waals surface area contributed by atoms with Crippen LogP contribution in [0.3, 0.4) is 0 Å². The number of anilines is 1. The molecule has 0 aliphatic carbocycles. The molecule has 0 fully saturated rings. The Morgan fingerprint density at radius 3 is 2.59 bits per heavy atom. The van der Waals surface area contributed by atoms with Gasteiger partial charge in [0.1, 0.15) is 0 Å². The van der Waals surface area contributed by atoms with Crippen molar-refractivity contribution in [3.8, 4) is 0 Å². The SMILES string of the molecule is CC(C)N(CC(N)=O)C(=O)c1ncccc1N. The predicted molar refractivity (Wildman–Crippen MR) is 64.0 cm³/mol. The van der Waals surface area contributed by atoms with Crippen molar-refractivity contribution in [3.63, 3.8) is 0 Å². The van der Waals surface area contributed by atoms with Crippen molar-refractivity contribution < 1.29 is 9.59 Å². The molecule has 0 bridgehead atoms. The lowest BCUT2D eigenvalue weighted by Gasteiger charge is -2.25. The molecule has 0 radical (unpaired) electrons. The first-order valence-corrected chi connectivity index (χ1v) is 5.23. The van der Waals surface area contributed by atoms with Crippen LogP contribution in [0.4, 0.5) is 5.69 Å². The number of rotatable bonds is 4. The van der Waals surface area contributed by atoms with Gasteiger partial charge in [-0.1, -0.05) is 0 Å². The number of nitrogens with zero attached hydrogens (tertiary/aromatic N) is 2. The van der Waals surface area contributed by atoms with E-state index in [4.69, 9.17) is 11.5 Å². The van der Waals surface area contributed by atoms with Crippen molar-refractivity contribution in [1.82, 2.24) is 9.88 Å². The number of primary amides is 1. The van der Waals surface area contributed by atoms with Crippen molar-refractivity contribution >= 4 is 17.5 Å². The van der Waals surface area contributed by atoms with Gasteiger partial charge in [0, 0.05) is 12.2 Å². The number of aromatic nitrogens is 1. The van der Waals surface area contributed by atoms with E-state index in [1.54, 1.807) is 26.0 Å². The van der Waals surface area contributed by atoms with Gasteiger partial charge in [-0.15, -0.1) is 0 Å². The van der Waals surface area contributed by atoms with Crippen molar-refractivity contribution in [3.05, 3.63) is 24.0 Å². The summed E-state index contributed by atoms with van der Waals surface area (Å²) in [5.41, 5.74) is 11.2. The summed E-state index contributed by atoms with van der Waals surface area (Å²) in [4.78, 5) is 28.3. The molecule has 6 heteroatoms. The zero-order chi connectivity index (χ0) is 13.0. The maximum Gasteiger partial charge on any atom is 0.275 e. The molecule has 4 N–H and O–H groups in total. The van der Waals surface area contributed by atoms with E-state index < -0.39 is 11.8 Å². The number of carbonyl (C=O) groups excluding carboxylic acids is 2. The third kappa shape index (κ3) is 3.17. The molecule has 6 nitrogen and oxygen atoms in total. The summed E-state index contributed by atoms with van der Waals surface area (Å²) in [5, 5.41) is 0. The molecule has 0 aliphatic heterocycles. The molecular weight excluding hydrogens is 220 g/mol. The van der Waals surface area contributed by atoms with Gasteiger partial charge >= 0.3 is 0 Å². The quantitative estimate of drug-likeness (QED) is 0.768. The van der Waals surface area contributed by atoms with Crippen LogP contribution < -0.4 is 11.5 Å². The van der Waals surface area contributed by atoms with E-state index in [2.05, 4.69) is 4.98 Å². The van der Waals surface area contributed by atoms with E-state index in [1.165, 1.54) is 11.1 Å². The molecule has 1 aromatic rings. The third-order valence-electron chi connectivity index (χ3n) is 2.25. The van der Waals surface area contributed by atoms with E-state index in [1.807, 2.05) is 0 Å². The molecule has 0 aromatic carbocycles. The summed E-state index contributed by atoms with van der Waals surface area (Å²) < 4.78 is 0. The second-order valence-electron chi connectivity index (χ2n) is 3.93. The minimum Gasteiger partial charge on any atom is -0.397 e. The van der Waals surface area contributed by atoms with Crippen LogP contribution in [0.2, 0.25) is 0 Å². The average Bonchev–Trinajstić information content (AvgIpc) is 2.25. The van der Waals surface area contributed by atoms with Gasteiger partial charge in [-0.2, -0.15) is 0 Å². The molecule has 0 unspecified atom stereocenters. The smallest absolute Gasteiger partial charge is 0.275 e. The van der Waals surface area contributed by atoms with Gasteiger partial charge < -0.3 is 16.4 Å². The molecule has 0 atom stereocenters. The Morgan fingerprint density at radius 2 is 2.12 bits per heavy atom. The van der Waals surface area contributed by atoms with E-state index >= 15 is 0 Å². The summed E-state index contributed by atoms with van der Waals surface area (Å²) in [7, 11) is 0. The van der Waals surface area contributed by atoms with Gasteiger partial charge in [0.05, 0.1) is 12.2 Å². The third-order valence-corrected chi connectivity index (χ3v) is 2.25. The topological polar surface area (TPSA) is 102 Å². The van der Waals surface area contributed by atoms with E-state index in [-0.39, 0.29) is 24.0 Å². The minimum absolute atomic E-state index is 0.141. The molecule has 17 heavy (non-hydrogen) atoms. The molecule has 92 valence electrons. The molecule has 1 heterocycles. The Bertz CT molecular complexity index is 431. The Hall–Kier alpha value is -2.11. The number of carbonyl (C=O) groups is 2. The van der Waals surface area contributed by atoms with Gasteiger partial charge in [0.25, 0.3) is 5.91 Å². The molecule has 0 spiro atoms. The van der Waals surface area contributed by atoms with Gasteiger partial charge in [0.2, 0.25) is 5.91 Å². The van der Waals surface area contributed by atoms with Crippen molar-refractivity contribution in [2.75, 3.05) is 12.3 Å². The molecule has 0 aliphatic rings. The highest BCUT2D eigenvalue weighted by molar-refractivity contribution is 5.98. The highest BCUT2D eigenvalue weighted by atomic mass is 16.2. The van der Waals surface area contributed by atoms with E-state index in [0.717, 1.165) is 0 Å². The molecule has 1 rings (SSSR count). The highest BCUT2D eigenvalue weighted by Crippen LogP contribution is 2.12. The summed E-state index contributed by atoms with van der Waals surface area (Å²) >= 11 is 0. The van der Waals surface area contributed by atoms with Crippen molar-refractivity contribution in [2.45, 2.75) is 19.9 Å². The zero-order valence-corrected chi connectivity index (χ0v) is 9.88. The lowest BCUT2D eigenvalue weighted by molar-refractivity contribution is -0.119. The van der Waals surface area contributed by atoms with Crippen molar-refractivity contribution in [2.24, 2.45) is 5.73 Å². The molecular formula is C11H16N4O2. The number of nitrogens with two attached hydrogens (primary N) is 2. The number of nitrogen functional groups attached to an aromatic ring is 1. The van der Waals surface area contributed by atoms with E-state index in [9.17, 15) is 9.59 Å². The van der Waals surface area contributed by atoms with Crippen LogP contribution in [-0.4, -0.2) is 34.3 Å². The van der Waals surface area contributed by atoms with Crippen molar-refractivity contribution in [1.29, 1.82) is 0 Å².